The third-order valence-corrected chi connectivity index (χ3v) is 6.05. The van der Waals surface area contributed by atoms with Gasteiger partial charge in [0.1, 0.15) is 5.82 Å². The highest BCUT2D eigenvalue weighted by atomic mass is 35.5. The minimum absolute atomic E-state index is 0.0395. The van der Waals surface area contributed by atoms with Gasteiger partial charge in [-0.05, 0) is 66.6 Å². The Morgan fingerprint density at radius 1 is 1.03 bits per heavy atom. The molecule has 3 rings (SSSR count). The van der Waals surface area contributed by atoms with Gasteiger partial charge in [0, 0.05) is 10.7 Å². The summed E-state index contributed by atoms with van der Waals surface area (Å²) in [6.45, 7) is 1.87. The molecule has 3 aromatic carbocycles. The maximum Gasteiger partial charge on any atom is 0.261 e. The molecule has 0 aliphatic rings. The molecule has 5 nitrogen and oxygen atoms in total. The number of amides is 1. The standard InChI is InChI=1S/C22H20ClFN2O3S/c1-15(17-3-2-4-18(23)14-17)25-22(27)13-16-5-9-20(10-6-16)26-30(28,29)21-11-7-19(24)8-12-21/h2-12,14-15,26H,13H2,1H3,(H,25,27). The molecular formula is C22H20ClFN2O3S. The van der Waals surface area contributed by atoms with E-state index in [0.29, 0.717) is 10.7 Å². The molecule has 0 spiro atoms. The molecule has 3 aromatic rings. The van der Waals surface area contributed by atoms with E-state index in [-0.39, 0.29) is 23.3 Å². The summed E-state index contributed by atoms with van der Waals surface area (Å²) in [6.07, 6.45) is 0.149. The topological polar surface area (TPSA) is 75.3 Å². The Morgan fingerprint density at radius 2 is 1.70 bits per heavy atom. The fourth-order valence-electron chi connectivity index (χ4n) is 2.86. The monoisotopic (exact) mass is 446 g/mol. The minimum Gasteiger partial charge on any atom is -0.349 e. The second-order valence-electron chi connectivity index (χ2n) is 6.78. The molecule has 30 heavy (non-hydrogen) atoms. The molecule has 8 heteroatoms. The first-order valence-electron chi connectivity index (χ1n) is 9.15. The predicted molar refractivity (Wildman–Crippen MR) is 115 cm³/mol. The number of halogens is 2. The first-order chi connectivity index (χ1) is 14.2. The first-order valence-corrected chi connectivity index (χ1v) is 11.0. The molecule has 0 saturated carbocycles. The normalized spacial score (nSPS) is 12.2. The van der Waals surface area contributed by atoms with Gasteiger partial charge in [-0.15, -0.1) is 0 Å². The largest absolute Gasteiger partial charge is 0.349 e. The van der Waals surface area contributed by atoms with Crippen LogP contribution in [-0.2, 0) is 21.2 Å². The highest BCUT2D eigenvalue weighted by Gasteiger charge is 2.15. The van der Waals surface area contributed by atoms with Crippen molar-refractivity contribution < 1.29 is 17.6 Å². The van der Waals surface area contributed by atoms with E-state index in [9.17, 15) is 17.6 Å². The third kappa shape index (κ3) is 5.81. The van der Waals surface area contributed by atoms with E-state index in [1.54, 1.807) is 36.4 Å². The summed E-state index contributed by atoms with van der Waals surface area (Å²) < 4.78 is 40.1. The Bertz CT molecular complexity index is 1130. The Morgan fingerprint density at radius 3 is 2.33 bits per heavy atom. The average Bonchev–Trinajstić information content (AvgIpc) is 2.69. The Hall–Kier alpha value is -2.90. The van der Waals surface area contributed by atoms with E-state index >= 15 is 0 Å². The van der Waals surface area contributed by atoms with Crippen LogP contribution in [0.4, 0.5) is 10.1 Å². The first kappa shape index (κ1) is 21.8. The van der Waals surface area contributed by atoms with Gasteiger partial charge in [-0.2, -0.15) is 0 Å². The molecule has 156 valence electrons. The highest BCUT2D eigenvalue weighted by Crippen LogP contribution is 2.19. The molecule has 1 unspecified atom stereocenters. The molecule has 0 heterocycles. The van der Waals surface area contributed by atoms with E-state index in [2.05, 4.69) is 10.0 Å². The smallest absolute Gasteiger partial charge is 0.261 e. The van der Waals surface area contributed by atoms with Crippen LogP contribution in [-0.4, -0.2) is 14.3 Å². The zero-order valence-electron chi connectivity index (χ0n) is 16.1. The number of hydrogen-bond acceptors (Lipinski definition) is 3. The van der Waals surface area contributed by atoms with Crippen molar-refractivity contribution >= 4 is 33.2 Å². The van der Waals surface area contributed by atoms with Gasteiger partial charge in [0.05, 0.1) is 17.4 Å². The van der Waals surface area contributed by atoms with Crippen molar-refractivity contribution in [3.8, 4) is 0 Å². The van der Waals surface area contributed by atoms with E-state index in [0.717, 1.165) is 23.3 Å². The van der Waals surface area contributed by atoms with Crippen LogP contribution < -0.4 is 10.0 Å². The average molecular weight is 447 g/mol. The van der Waals surface area contributed by atoms with Crippen molar-refractivity contribution in [2.24, 2.45) is 0 Å². The lowest BCUT2D eigenvalue weighted by molar-refractivity contribution is -0.121. The number of sulfonamides is 1. The van der Waals surface area contributed by atoms with Gasteiger partial charge in [0.25, 0.3) is 10.0 Å². The lowest BCUT2D eigenvalue weighted by atomic mass is 10.1. The van der Waals surface area contributed by atoms with Gasteiger partial charge in [0.15, 0.2) is 0 Å². The molecule has 0 bridgehead atoms. The van der Waals surface area contributed by atoms with Gasteiger partial charge in [0.2, 0.25) is 5.91 Å². The number of anilines is 1. The maximum atomic E-state index is 13.0. The molecule has 1 atom stereocenters. The summed E-state index contributed by atoms with van der Waals surface area (Å²) in [5, 5.41) is 3.52. The van der Waals surface area contributed by atoms with Crippen LogP contribution >= 0.6 is 11.6 Å². The minimum atomic E-state index is -3.82. The van der Waals surface area contributed by atoms with Crippen molar-refractivity contribution in [2.45, 2.75) is 24.3 Å². The second kappa shape index (κ2) is 9.28. The van der Waals surface area contributed by atoms with Crippen molar-refractivity contribution in [1.29, 1.82) is 0 Å². The second-order valence-corrected chi connectivity index (χ2v) is 8.90. The van der Waals surface area contributed by atoms with E-state index in [1.165, 1.54) is 12.1 Å². The predicted octanol–water partition coefficient (Wildman–Crippen LogP) is 4.70. The van der Waals surface area contributed by atoms with E-state index in [1.807, 2.05) is 19.1 Å². The molecule has 2 N–H and O–H groups in total. The van der Waals surface area contributed by atoms with Crippen molar-refractivity contribution in [1.82, 2.24) is 5.32 Å². The van der Waals surface area contributed by atoms with Crippen molar-refractivity contribution in [3.05, 3.63) is 94.8 Å². The molecule has 0 saturated heterocycles. The number of nitrogens with one attached hydrogen (secondary N) is 2. The lowest BCUT2D eigenvalue weighted by Crippen LogP contribution is -2.28. The van der Waals surface area contributed by atoms with Crippen LogP contribution in [0.1, 0.15) is 24.1 Å². The molecule has 0 aliphatic heterocycles. The Labute approximate surface area is 179 Å². The summed E-state index contributed by atoms with van der Waals surface area (Å²) >= 11 is 5.98. The van der Waals surface area contributed by atoms with Crippen LogP contribution in [0.3, 0.4) is 0 Å². The van der Waals surface area contributed by atoms with Crippen molar-refractivity contribution in [2.75, 3.05) is 4.72 Å². The van der Waals surface area contributed by atoms with Crippen molar-refractivity contribution in [3.63, 3.8) is 0 Å². The molecular weight excluding hydrogens is 427 g/mol. The Balaban J connectivity index is 1.60. The summed E-state index contributed by atoms with van der Waals surface area (Å²) in [5.74, 6) is -0.677. The summed E-state index contributed by atoms with van der Waals surface area (Å²) in [4.78, 5) is 12.3. The van der Waals surface area contributed by atoms with E-state index < -0.39 is 15.8 Å². The maximum absolute atomic E-state index is 13.0. The van der Waals surface area contributed by atoms with Gasteiger partial charge in [-0.1, -0.05) is 35.9 Å². The number of carbonyl (C=O) groups is 1. The quantitative estimate of drug-likeness (QED) is 0.552. The van der Waals surface area contributed by atoms with Crippen LogP contribution in [0, 0.1) is 5.82 Å². The van der Waals surface area contributed by atoms with Crippen LogP contribution in [0.15, 0.2) is 77.7 Å². The Kier molecular flexibility index (Phi) is 6.74. The summed E-state index contributed by atoms with van der Waals surface area (Å²) in [5.41, 5.74) is 1.98. The van der Waals surface area contributed by atoms with Gasteiger partial charge < -0.3 is 5.32 Å². The number of rotatable bonds is 7. The number of carbonyl (C=O) groups excluding carboxylic acids is 1. The zero-order valence-corrected chi connectivity index (χ0v) is 17.7. The van der Waals surface area contributed by atoms with Gasteiger partial charge in [-0.3, -0.25) is 9.52 Å². The highest BCUT2D eigenvalue weighted by molar-refractivity contribution is 7.92. The van der Waals surface area contributed by atoms with Gasteiger partial charge >= 0.3 is 0 Å². The molecule has 1 amide bonds. The van der Waals surface area contributed by atoms with Crippen LogP contribution in [0.2, 0.25) is 5.02 Å². The lowest BCUT2D eigenvalue weighted by Gasteiger charge is -2.15. The summed E-state index contributed by atoms with van der Waals surface area (Å²) in [7, 11) is -3.82. The van der Waals surface area contributed by atoms with Crippen LogP contribution in [0.5, 0.6) is 0 Å². The number of benzene rings is 3. The summed E-state index contributed by atoms with van der Waals surface area (Å²) in [6, 6.07) is 18.1. The zero-order chi connectivity index (χ0) is 21.7. The molecule has 0 fully saturated rings. The third-order valence-electron chi connectivity index (χ3n) is 4.42. The SMILES string of the molecule is CC(NC(=O)Cc1ccc(NS(=O)(=O)c2ccc(F)cc2)cc1)c1cccc(Cl)c1. The van der Waals surface area contributed by atoms with E-state index in [4.69, 9.17) is 11.6 Å². The fraction of sp³-hybridized carbons (Fsp3) is 0.136. The van der Waals surface area contributed by atoms with Gasteiger partial charge in [-0.25, -0.2) is 12.8 Å². The molecule has 0 radical (unpaired) electrons. The van der Waals surface area contributed by atoms with Crippen LogP contribution in [0.25, 0.3) is 0 Å². The fourth-order valence-corrected chi connectivity index (χ4v) is 4.11. The molecule has 0 aromatic heterocycles. The molecule has 0 aliphatic carbocycles. The number of hydrogen-bond donors (Lipinski definition) is 2.